The Balaban J connectivity index is 0.00000270. The second-order valence-electron chi connectivity index (χ2n) is 12.4. The van der Waals surface area contributed by atoms with Crippen LogP contribution in [0.1, 0.15) is 47.6 Å². The van der Waals surface area contributed by atoms with E-state index in [9.17, 15) is 4.79 Å². The highest BCUT2D eigenvalue weighted by molar-refractivity contribution is 5.82. The molecule has 0 atom stereocenters. The summed E-state index contributed by atoms with van der Waals surface area (Å²) in [6.45, 7) is 7.93. The summed E-state index contributed by atoms with van der Waals surface area (Å²) in [6, 6.07) is 54.4. The summed E-state index contributed by atoms with van der Waals surface area (Å²) in [5.41, 5.74) is 9.36. The molecule has 0 aromatic heterocycles. The van der Waals surface area contributed by atoms with Gasteiger partial charge in [-0.05, 0) is 129 Å². The van der Waals surface area contributed by atoms with Gasteiger partial charge in [-0.2, -0.15) is 0 Å². The van der Waals surface area contributed by atoms with Crippen LogP contribution in [-0.2, 0) is 4.79 Å². The first-order chi connectivity index (χ1) is 22.8. The quantitative estimate of drug-likeness (QED) is 0.109. The standard InChI is InChI=1S/C43H40N2O2.2CH4/c1-5-43(3,4)42(46)47-41-29-27-39(28-30-41)44(35-14-8-6-9-15-35)37-23-19-33(20-24-37)34-21-25-38(26-22-34)45(36-16-10-7-11-17-36)40-18-12-13-32(2)31-40;;/h6-31H,5H2,1-4H3;2*1H4. The molecular weight excluding hydrogens is 601 g/mol. The van der Waals surface area contributed by atoms with E-state index in [0.717, 1.165) is 45.3 Å². The van der Waals surface area contributed by atoms with E-state index in [0.29, 0.717) is 12.2 Å². The van der Waals surface area contributed by atoms with Crippen molar-refractivity contribution in [3.05, 3.63) is 163 Å². The minimum absolute atomic E-state index is 0. The number of aryl methyl sites for hydroxylation is 1. The molecule has 49 heavy (non-hydrogen) atoms. The highest BCUT2D eigenvalue weighted by Crippen LogP contribution is 2.38. The normalized spacial score (nSPS) is 10.7. The molecule has 250 valence electrons. The van der Waals surface area contributed by atoms with Crippen LogP contribution in [0.3, 0.4) is 0 Å². The number of esters is 1. The second kappa shape index (κ2) is 16.0. The predicted octanol–water partition coefficient (Wildman–Crippen LogP) is 13.2. The smallest absolute Gasteiger partial charge is 0.316 e. The number of anilines is 6. The predicted molar refractivity (Wildman–Crippen MR) is 209 cm³/mol. The number of ether oxygens (including phenoxy) is 1. The lowest BCUT2D eigenvalue weighted by Crippen LogP contribution is -2.28. The Kier molecular flexibility index (Phi) is 11.8. The van der Waals surface area contributed by atoms with E-state index in [4.69, 9.17) is 4.74 Å². The molecule has 6 aromatic carbocycles. The first-order valence-corrected chi connectivity index (χ1v) is 16.1. The van der Waals surface area contributed by atoms with E-state index in [2.05, 4.69) is 126 Å². The third kappa shape index (κ3) is 8.28. The van der Waals surface area contributed by atoms with Gasteiger partial charge in [0, 0.05) is 34.1 Å². The Labute approximate surface area is 293 Å². The van der Waals surface area contributed by atoms with Crippen LogP contribution in [0.4, 0.5) is 34.1 Å². The van der Waals surface area contributed by atoms with Crippen LogP contribution in [0, 0.1) is 12.3 Å². The highest BCUT2D eigenvalue weighted by Gasteiger charge is 2.27. The van der Waals surface area contributed by atoms with E-state index >= 15 is 0 Å². The first kappa shape index (κ1) is 36.2. The topological polar surface area (TPSA) is 32.8 Å². The molecule has 0 aliphatic carbocycles. The van der Waals surface area contributed by atoms with Crippen molar-refractivity contribution in [3.8, 4) is 16.9 Å². The summed E-state index contributed by atoms with van der Waals surface area (Å²) in [7, 11) is 0. The molecule has 0 unspecified atom stereocenters. The van der Waals surface area contributed by atoms with E-state index in [-0.39, 0.29) is 20.8 Å². The van der Waals surface area contributed by atoms with Gasteiger partial charge < -0.3 is 14.5 Å². The molecule has 0 fully saturated rings. The average Bonchev–Trinajstić information content (AvgIpc) is 3.11. The van der Waals surface area contributed by atoms with Crippen LogP contribution >= 0.6 is 0 Å². The largest absolute Gasteiger partial charge is 0.426 e. The van der Waals surface area contributed by atoms with Crippen LogP contribution in [0.25, 0.3) is 11.1 Å². The SMILES string of the molecule is C.C.CCC(C)(C)C(=O)Oc1ccc(N(c2ccccc2)c2ccc(-c3ccc(N(c4ccccc4)c4cccc(C)c4)cc3)cc2)cc1. The van der Waals surface area contributed by atoms with Crippen molar-refractivity contribution < 1.29 is 9.53 Å². The van der Waals surface area contributed by atoms with Gasteiger partial charge in [0.2, 0.25) is 0 Å². The molecule has 0 radical (unpaired) electrons. The third-order valence-corrected chi connectivity index (χ3v) is 8.61. The molecule has 0 N–H and O–H groups in total. The van der Waals surface area contributed by atoms with Gasteiger partial charge in [0.1, 0.15) is 5.75 Å². The lowest BCUT2D eigenvalue weighted by atomic mass is 9.91. The van der Waals surface area contributed by atoms with E-state index < -0.39 is 5.41 Å². The van der Waals surface area contributed by atoms with Crippen LogP contribution in [-0.4, -0.2) is 5.97 Å². The second-order valence-corrected chi connectivity index (χ2v) is 12.4. The zero-order chi connectivity index (χ0) is 32.8. The molecule has 0 spiro atoms. The molecule has 0 aliphatic rings. The third-order valence-electron chi connectivity index (χ3n) is 8.61. The van der Waals surface area contributed by atoms with Gasteiger partial charge in [-0.15, -0.1) is 0 Å². The van der Waals surface area contributed by atoms with E-state index in [1.807, 2.05) is 69.3 Å². The van der Waals surface area contributed by atoms with E-state index in [1.54, 1.807) is 0 Å². The van der Waals surface area contributed by atoms with Gasteiger partial charge in [-0.25, -0.2) is 0 Å². The number of benzene rings is 6. The minimum atomic E-state index is -0.529. The number of nitrogens with zero attached hydrogens (tertiary/aromatic N) is 2. The van der Waals surface area contributed by atoms with Crippen LogP contribution in [0.15, 0.2) is 158 Å². The molecular formula is C45H48N2O2. The molecule has 0 saturated carbocycles. The monoisotopic (exact) mass is 648 g/mol. The fourth-order valence-electron chi connectivity index (χ4n) is 5.47. The van der Waals surface area contributed by atoms with Crippen molar-refractivity contribution in [3.63, 3.8) is 0 Å². The number of hydrogen-bond donors (Lipinski definition) is 0. The van der Waals surface area contributed by atoms with Gasteiger partial charge in [0.25, 0.3) is 0 Å². The number of para-hydroxylation sites is 2. The van der Waals surface area contributed by atoms with Gasteiger partial charge in [0.15, 0.2) is 0 Å². The molecule has 0 bridgehead atoms. The maximum Gasteiger partial charge on any atom is 0.316 e. The van der Waals surface area contributed by atoms with Crippen molar-refractivity contribution in [2.24, 2.45) is 5.41 Å². The number of carbonyl (C=O) groups excluding carboxylic acids is 1. The zero-order valence-corrected chi connectivity index (χ0v) is 27.4. The van der Waals surface area contributed by atoms with E-state index in [1.165, 1.54) is 5.56 Å². The fraction of sp³-hybridized carbons (Fsp3) is 0.178. The van der Waals surface area contributed by atoms with Crippen molar-refractivity contribution in [1.29, 1.82) is 0 Å². The number of rotatable bonds is 10. The summed E-state index contributed by atoms with van der Waals surface area (Å²) in [4.78, 5) is 17.1. The average molecular weight is 649 g/mol. The molecule has 6 aromatic rings. The molecule has 0 amide bonds. The van der Waals surface area contributed by atoms with Crippen LogP contribution in [0.5, 0.6) is 5.75 Å². The highest BCUT2D eigenvalue weighted by atomic mass is 16.5. The Morgan fingerprint density at radius 1 is 0.531 bits per heavy atom. The summed E-state index contributed by atoms with van der Waals surface area (Å²) >= 11 is 0. The molecule has 0 heterocycles. The Bertz CT molecular complexity index is 1920. The Morgan fingerprint density at radius 3 is 1.35 bits per heavy atom. The van der Waals surface area contributed by atoms with Crippen molar-refractivity contribution in [1.82, 2.24) is 0 Å². The lowest BCUT2D eigenvalue weighted by Gasteiger charge is -2.26. The van der Waals surface area contributed by atoms with Gasteiger partial charge in [0.05, 0.1) is 5.41 Å². The molecule has 6 rings (SSSR count). The number of carbonyl (C=O) groups is 1. The van der Waals surface area contributed by atoms with Crippen LogP contribution in [0.2, 0.25) is 0 Å². The summed E-state index contributed by atoms with van der Waals surface area (Å²) < 4.78 is 5.70. The van der Waals surface area contributed by atoms with Crippen LogP contribution < -0.4 is 14.5 Å². The maximum absolute atomic E-state index is 12.6. The van der Waals surface area contributed by atoms with Crippen molar-refractivity contribution in [2.75, 3.05) is 9.80 Å². The van der Waals surface area contributed by atoms with Crippen molar-refractivity contribution >= 4 is 40.1 Å². The molecule has 4 heteroatoms. The molecule has 4 nitrogen and oxygen atoms in total. The van der Waals surface area contributed by atoms with Gasteiger partial charge in [-0.1, -0.05) is 94.6 Å². The van der Waals surface area contributed by atoms with Crippen molar-refractivity contribution in [2.45, 2.75) is 49.0 Å². The molecule has 0 saturated heterocycles. The summed E-state index contributed by atoms with van der Waals surface area (Å²) in [5.74, 6) is 0.319. The van der Waals surface area contributed by atoms with Gasteiger partial charge in [-0.3, -0.25) is 4.79 Å². The Hall–Kier alpha value is -5.61. The maximum atomic E-state index is 12.6. The summed E-state index contributed by atoms with van der Waals surface area (Å²) in [6.07, 6.45) is 0.714. The minimum Gasteiger partial charge on any atom is -0.426 e. The fourth-order valence-corrected chi connectivity index (χ4v) is 5.47. The zero-order valence-electron chi connectivity index (χ0n) is 27.4. The lowest BCUT2D eigenvalue weighted by molar-refractivity contribution is -0.144. The Morgan fingerprint density at radius 2 is 0.918 bits per heavy atom. The number of hydrogen-bond acceptors (Lipinski definition) is 4. The molecule has 0 aliphatic heterocycles. The van der Waals surface area contributed by atoms with Gasteiger partial charge >= 0.3 is 5.97 Å². The first-order valence-electron chi connectivity index (χ1n) is 16.1. The summed E-state index contributed by atoms with van der Waals surface area (Å²) in [5, 5.41) is 0.